The van der Waals surface area contributed by atoms with E-state index in [-0.39, 0.29) is 22.6 Å². The minimum Gasteiger partial charge on any atom is -0.334 e. The normalized spacial score (nSPS) is 19.4. The van der Waals surface area contributed by atoms with Crippen LogP contribution in [0.2, 0.25) is 0 Å². The molecule has 1 amide bonds. The van der Waals surface area contributed by atoms with Gasteiger partial charge in [-0.1, -0.05) is 15.9 Å². The molecular weight excluding hydrogens is 337 g/mol. The molecule has 0 radical (unpaired) electrons. The molecule has 0 saturated carbocycles. The van der Waals surface area contributed by atoms with Crippen LogP contribution in [0.15, 0.2) is 22.7 Å². The number of hydrogen-bond acceptors (Lipinski definition) is 2. The molecule has 2 rings (SSSR count). The van der Waals surface area contributed by atoms with Crippen LogP contribution in [0, 0.1) is 0 Å². The quantitative estimate of drug-likeness (QED) is 0.890. The number of hydrogen-bond donors (Lipinski definition) is 1. The van der Waals surface area contributed by atoms with E-state index in [1.807, 2.05) is 0 Å². The smallest absolute Gasteiger partial charge is 0.334 e. The zero-order valence-electron chi connectivity index (χ0n) is 10.6. The van der Waals surface area contributed by atoms with Crippen molar-refractivity contribution in [3.05, 3.63) is 33.8 Å². The third-order valence-electron chi connectivity index (χ3n) is 3.43. The summed E-state index contributed by atoms with van der Waals surface area (Å²) in [7, 11) is 0. The molecule has 0 spiro atoms. The Kier molecular flexibility index (Phi) is 4.39. The number of halogens is 4. The van der Waals surface area contributed by atoms with Crippen LogP contribution < -0.4 is 5.73 Å². The summed E-state index contributed by atoms with van der Waals surface area (Å²) in [4.78, 5) is 13.8. The molecular formula is C13H14BrF3N2O. The van der Waals surface area contributed by atoms with Gasteiger partial charge in [0.2, 0.25) is 0 Å². The zero-order valence-corrected chi connectivity index (χ0v) is 12.2. The zero-order chi connectivity index (χ0) is 14.9. The Hall–Kier alpha value is -1.08. The maximum atomic E-state index is 13.0. The first-order valence-electron chi connectivity index (χ1n) is 6.22. The Balaban J connectivity index is 2.39. The van der Waals surface area contributed by atoms with Gasteiger partial charge in [0.15, 0.2) is 0 Å². The lowest BCUT2D eigenvalue weighted by molar-refractivity contribution is -0.138. The van der Waals surface area contributed by atoms with Gasteiger partial charge in [0.1, 0.15) is 0 Å². The van der Waals surface area contributed by atoms with Crippen molar-refractivity contribution in [2.75, 3.05) is 13.1 Å². The number of nitrogens with two attached hydrogens (primary N) is 1. The van der Waals surface area contributed by atoms with Gasteiger partial charge in [-0.2, -0.15) is 13.2 Å². The van der Waals surface area contributed by atoms with E-state index in [1.165, 1.54) is 17.0 Å². The molecule has 3 nitrogen and oxygen atoms in total. The van der Waals surface area contributed by atoms with E-state index in [4.69, 9.17) is 5.73 Å². The first-order valence-corrected chi connectivity index (χ1v) is 7.01. The predicted octanol–water partition coefficient (Wildman–Crippen LogP) is 3.03. The fraction of sp³-hybridized carbons (Fsp3) is 0.462. The second kappa shape index (κ2) is 5.73. The molecule has 1 aromatic rings. The lowest BCUT2D eigenvalue weighted by Crippen LogP contribution is -2.40. The van der Waals surface area contributed by atoms with Crippen molar-refractivity contribution in [2.45, 2.75) is 25.1 Å². The van der Waals surface area contributed by atoms with Gasteiger partial charge in [-0.05, 0) is 31.0 Å². The molecule has 110 valence electrons. The maximum Gasteiger partial charge on any atom is 0.417 e. The van der Waals surface area contributed by atoms with Gasteiger partial charge in [-0.15, -0.1) is 0 Å². The van der Waals surface area contributed by atoms with Crippen molar-refractivity contribution < 1.29 is 18.0 Å². The highest BCUT2D eigenvalue weighted by Crippen LogP contribution is 2.35. The van der Waals surface area contributed by atoms with Crippen molar-refractivity contribution >= 4 is 21.8 Å². The number of carbonyl (C=O) groups excluding carboxylic acids is 1. The van der Waals surface area contributed by atoms with Crippen LogP contribution in [0.5, 0.6) is 0 Å². The Morgan fingerprint density at radius 3 is 2.75 bits per heavy atom. The number of carbonyl (C=O) groups is 1. The van der Waals surface area contributed by atoms with Gasteiger partial charge in [-0.3, -0.25) is 4.79 Å². The van der Waals surface area contributed by atoms with Crippen LogP contribution in [0.4, 0.5) is 13.2 Å². The summed E-state index contributed by atoms with van der Waals surface area (Å²) in [5, 5.41) is 0. The Bertz CT molecular complexity index is 519. The van der Waals surface area contributed by atoms with Crippen LogP contribution in [-0.2, 0) is 6.18 Å². The fourth-order valence-electron chi connectivity index (χ4n) is 2.44. The van der Waals surface area contributed by atoms with Crippen molar-refractivity contribution in [2.24, 2.45) is 5.73 Å². The van der Waals surface area contributed by atoms with Gasteiger partial charge < -0.3 is 10.6 Å². The lowest BCUT2D eigenvalue weighted by Gasteiger charge is -2.25. The maximum absolute atomic E-state index is 13.0. The number of alkyl halides is 3. The van der Waals surface area contributed by atoms with E-state index in [2.05, 4.69) is 15.9 Å². The van der Waals surface area contributed by atoms with Crippen LogP contribution in [-0.4, -0.2) is 29.9 Å². The van der Waals surface area contributed by atoms with Gasteiger partial charge >= 0.3 is 6.18 Å². The fourth-order valence-corrected chi connectivity index (χ4v) is 2.80. The van der Waals surface area contributed by atoms with E-state index in [0.717, 1.165) is 18.9 Å². The molecule has 1 aliphatic rings. The Labute approximate surface area is 123 Å². The van der Waals surface area contributed by atoms with Crippen LogP contribution in [0.25, 0.3) is 0 Å². The second-order valence-corrected chi connectivity index (χ2v) is 5.63. The number of benzene rings is 1. The SMILES string of the molecule is NCC1CCCN1C(=O)c1ccc(Br)cc1C(F)(F)F. The predicted molar refractivity (Wildman–Crippen MR) is 72.3 cm³/mol. The molecule has 20 heavy (non-hydrogen) atoms. The molecule has 1 heterocycles. The first-order chi connectivity index (χ1) is 9.34. The van der Waals surface area contributed by atoms with Crippen LogP contribution >= 0.6 is 15.9 Å². The number of amides is 1. The van der Waals surface area contributed by atoms with E-state index < -0.39 is 17.6 Å². The van der Waals surface area contributed by atoms with Gasteiger partial charge in [-0.25, -0.2) is 0 Å². The summed E-state index contributed by atoms with van der Waals surface area (Å²) in [5.41, 5.74) is 4.33. The molecule has 2 N–H and O–H groups in total. The van der Waals surface area contributed by atoms with Gasteiger partial charge in [0, 0.05) is 23.6 Å². The first kappa shape index (κ1) is 15.3. The van der Waals surface area contributed by atoms with Gasteiger partial charge in [0.05, 0.1) is 11.1 Å². The third kappa shape index (κ3) is 2.98. The van der Waals surface area contributed by atoms with Crippen molar-refractivity contribution in [1.82, 2.24) is 4.90 Å². The molecule has 1 aromatic carbocycles. The van der Waals surface area contributed by atoms with E-state index >= 15 is 0 Å². The van der Waals surface area contributed by atoms with E-state index in [0.29, 0.717) is 6.54 Å². The number of rotatable bonds is 2. The topological polar surface area (TPSA) is 46.3 Å². The van der Waals surface area contributed by atoms with Crippen molar-refractivity contribution in [3.8, 4) is 0 Å². The van der Waals surface area contributed by atoms with Crippen LogP contribution in [0.3, 0.4) is 0 Å². The minimum absolute atomic E-state index is 0.174. The van der Waals surface area contributed by atoms with Gasteiger partial charge in [0.25, 0.3) is 5.91 Å². The summed E-state index contributed by atoms with van der Waals surface area (Å²) in [6.45, 7) is 0.720. The number of likely N-dealkylation sites (tertiary alicyclic amines) is 1. The molecule has 7 heteroatoms. The van der Waals surface area contributed by atoms with Crippen LogP contribution in [0.1, 0.15) is 28.8 Å². The molecule has 0 aromatic heterocycles. The average Bonchev–Trinajstić information content (AvgIpc) is 2.85. The molecule has 0 aliphatic carbocycles. The highest BCUT2D eigenvalue weighted by Gasteiger charge is 2.38. The summed E-state index contributed by atoms with van der Waals surface area (Å²) < 4.78 is 39.4. The highest BCUT2D eigenvalue weighted by molar-refractivity contribution is 9.10. The molecule has 1 unspecified atom stereocenters. The summed E-state index contributed by atoms with van der Waals surface area (Å²) in [6.07, 6.45) is -3.06. The highest BCUT2D eigenvalue weighted by atomic mass is 79.9. The average molecular weight is 351 g/mol. The van der Waals surface area contributed by atoms with Crippen molar-refractivity contribution in [3.63, 3.8) is 0 Å². The second-order valence-electron chi connectivity index (χ2n) is 4.72. The number of nitrogens with zero attached hydrogens (tertiary/aromatic N) is 1. The molecule has 1 atom stereocenters. The lowest BCUT2D eigenvalue weighted by atomic mass is 10.1. The molecule has 1 aliphatic heterocycles. The monoisotopic (exact) mass is 350 g/mol. The molecule has 0 bridgehead atoms. The molecule has 1 saturated heterocycles. The molecule has 1 fully saturated rings. The minimum atomic E-state index is -4.56. The van der Waals surface area contributed by atoms with Crippen molar-refractivity contribution in [1.29, 1.82) is 0 Å². The Morgan fingerprint density at radius 1 is 1.45 bits per heavy atom. The standard InChI is InChI=1S/C13H14BrF3N2O/c14-8-3-4-10(11(6-8)13(15,16)17)12(20)19-5-1-2-9(19)7-18/h3-4,6,9H,1-2,5,7,18H2. The van der Waals surface area contributed by atoms with E-state index in [9.17, 15) is 18.0 Å². The summed E-state index contributed by atoms with van der Waals surface area (Å²) in [6, 6.07) is 3.41. The largest absolute Gasteiger partial charge is 0.417 e. The van der Waals surface area contributed by atoms with E-state index in [1.54, 1.807) is 0 Å². The summed E-state index contributed by atoms with van der Waals surface area (Å²) >= 11 is 3.00. The third-order valence-corrected chi connectivity index (χ3v) is 3.92. The Morgan fingerprint density at radius 2 is 2.15 bits per heavy atom. The summed E-state index contributed by atoms with van der Waals surface area (Å²) in [5.74, 6) is -0.599.